The maximum Gasteiger partial charge on any atom is 0.308 e. The molecule has 2 aliphatic rings. The standard InChI is InChI=1S/C16H26N2O4/c1-11(19)18-9-6-12(7-10-18)14(20)17-16(2)8-4-3-5-13(16)15(21)22/h12-13H,3-10H2,1-2H3,(H,17,20)(H,21,22). The molecule has 6 heteroatoms. The molecule has 1 aliphatic carbocycles. The van der Waals surface area contributed by atoms with E-state index < -0.39 is 17.4 Å². The second-order valence-corrected chi connectivity index (χ2v) is 6.82. The van der Waals surface area contributed by atoms with E-state index in [2.05, 4.69) is 5.32 Å². The molecule has 2 rings (SSSR count). The van der Waals surface area contributed by atoms with Crippen LogP contribution in [0.5, 0.6) is 0 Å². The van der Waals surface area contributed by atoms with Crippen molar-refractivity contribution in [3.63, 3.8) is 0 Å². The summed E-state index contributed by atoms with van der Waals surface area (Å²) in [5, 5.41) is 12.4. The number of rotatable bonds is 3. The molecule has 0 aromatic heterocycles. The fraction of sp³-hybridized carbons (Fsp3) is 0.812. The topological polar surface area (TPSA) is 86.7 Å². The quantitative estimate of drug-likeness (QED) is 0.825. The van der Waals surface area contributed by atoms with E-state index in [0.717, 1.165) is 12.8 Å². The molecular formula is C16H26N2O4. The molecule has 0 radical (unpaired) electrons. The lowest BCUT2D eigenvalue weighted by molar-refractivity contribution is -0.147. The lowest BCUT2D eigenvalue weighted by Crippen LogP contribution is -2.57. The number of hydrogen-bond acceptors (Lipinski definition) is 3. The van der Waals surface area contributed by atoms with Crippen molar-refractivity contribution in [1.29, 1.82) is 0 Å². The first-order valence-electron chi connectivity index (χ1n) is 8.14. The third kappa shape index (κ3) is 3.59. The van der Waals surface area contributed by atoms with Gasteiger partial charge in [-0.3, -0.25) is 14.4 Å². The highest BCUT2D eigenvalue weighted by atomic mass is 16.4. The van der Waals surface area contributed by atoms with E-state index in [1.807, 2.05) is 6.92 Å². The molecule has 2 atom stereocenters. The van der Waals surface area contributed by atoms with Gasteiger partial charge in [0.1, 0.15) is 0 Å². The Kier molecular flexibility index (Phi) is 5.08. The normalized spacial score (nSPS) is 29.9. The van der Waals surface area contributed by atoms with Crippen molar-refractivity contribution < 1.29 is 19.5 Å². The number of nitrogens with one attached hydrogen (secondary N) is 1. The largest absolute Gasteiger partial charge is 0.481 e. The molecule has 2 amide bonds. The molecule has 0 spiro atoms. The Morgan fingerprint density at radius 1 is 1.14 bits per heavy atom. The number of amides is 2. The number of carboxylic acid groups (broad SMARTS) is 1. The summed E-state index contributed by atoms with van der Waals surface area (Å²) in [7, 11) is 0. The number of piperidine rings is 1. The summed E-state index contributed by atoms with van der Waals surface area (Å²) in [6.45, 7) is 4.60. The fourth-order valence-electron chi connectivity index (χ4n) is 3.72. The van der Waals surface area contributed by atoms with E-state index in [-0.39, 0.29) is 17.7 Å². The van der Waals surface area contributed by atoms with Crippen LogP contribution < -0.4 is 5.32 Å². The first-order valence-corrected chi connectivity index (χ1v) is 8.14. The van der Waals surface area contributed by atoms with E-state index >= 15 is 0 Å². The number of nitrogens with zero attached hydrogens (tertiary/aromatic N) is 1. The SMILES string of the molecule is CC(=O)N1CCC(C(=O)NC2(C)CCCCC2C(=O)O)CC1. The van der Waals surface area contributed by atoms with Gasteiger partial charge in [0.15, 0.2) is 0 Å². The average molecular weight is 310 g/mol. The number of carbonyl (C=O) groups is 3. The van der Waals surface area contributed by atoms with Gasteiger partial charge in [-0.1, -0.05) is 12.8 Å². The molecule has 1 saturated carbocycles. The predicted molar refractivity (Wildman–Crippen MR) is 81.1 cm³/mol. The molecule has 2 fully saturated rings. The molecule has 6 nitrogen and oxygen atoms in total. The highest BCUT2D eigenvalue weighted by molar-refractivity contribution is 5.82. The van der Waals surface area contributed by atoms with E-state index in [9.17, 15) is 19.5 Å². The lowest BCUT2D eigenvalue weighted by atomic mass is 9.73. The van der Waals surface area contributed by atoms with Crippen LogP contribution in [-0.4, -0.2) is 46.4 Å². The van der Waals surface area contributed by atoms with Crippen LogP contribution in [0.4, 0.5) is 0 Å². The van der Waals surface area contributed by atoms with Gasteiger partial charge in [-0.2, -0.15) is 0 Å². The van der Waals surface area contributed by atoms with Crippen LogP contribution in [0, 0.1) is 11.8 Å². The van der Waals surface area contributed by atoms with Crippen LogP contribution in [0.2, 0.25) is 0 Å². The molecule has 0 aromatic rings. The molecule has 22 heavy (non-hydrogen) atoms. The van der Waals surface area contributed by atoms with Crippen LogP contribution in [0.15, 0.2) is 0 Å². The van der Waals surface area contributed by atoms with Gasteiger partial charge >= 0.3 is 5.97 Å². The maximum absolute atomic E-state index is 12.5. The molecule has 2 unspecified atom stereocenters. The summed E-state index contributed by atoms with van der Waals surface area (Å²) in [6, 6.07) is 0. The summed E-state index contributed by atoms with van der Waals surface area (Å²) in [6.07, 6.45) is 4.48. The van der Waals surface area contributed by atoms with Crippen LogP contribution in [0.1, 0.15) is 52.4 Å². The van der Waals surface area contributed by atoms with Gasteiger partial charge in [0.2, 0.25) is 11.8 Å². The Balaban J connectivity index is 1.96. The zero-order valence-electron chi connectivity index (χ0n) is 13.4. The summed E-state index contributed by atoms with van der Waals surface area (Å²) in [4.78, 5) is 37.0. The first kappa shape index (κ1) is 16.8. The van der Waals surface area contributed by atoms with Crippen molar-refractivity contribution in [1.82, 2.24) is 10.2 Å². The zero-order chi connectivity index (χ0) is 16.3. The van der Waals surface area contributed by atoms with Crippen LogP contribution in [0.3, 0.4) is 0 Å². The Bertz CT molecular complexity index is 457. The third-order valence-corrected chi connectivity index (χ3v) is 5.23. The molecular weight excluding hydrogens is 284 g/mol. The van der Waals surface area contributed by atoms with Crippen molar-refractivity contribution >= 4 is 17.8 Å². The van der Waals surface area contributed by atoms with Crippen molar-refractivity contribution in [2.75, 3.05) is 13.1 Å². The van der Waals surface area contributed by atoms with Gasteiger partial charge in [-0.25, -0.2) is 0 Å². The average Bonchev–Trinajstić information content (AvgIpc) is 2.47. The molecule has 0 bridgehead atoms. The summed E-state index contributed by atoms with van der Waals surface area (Å²) >= 11 is 0. The predicted octanol–water partition coefficient (Wildman–Crippen LogP) is 1.39. The minimum absolute atomic E-state index is 0.0454. The van der Waals surface area contributed by atoms with Crippen molar-refractivity contribution in [3.05, 3.63) is 0 Å². The second kappa shape index (κ2) is 6.67. The van der Waals surface area contributed by atoms with Gasteiger partial charge < -0.3 is 15.3 Å². The van der Waals surface area contributed by atoms with Crippen LogP contribution in [0.25, 0.3) is 0 Å². The summed E-state index contributed by atoms with van der Waals surface area (Å²) < 4.78 is 0. The fourth-order valence-corrected chi connectivity index (χ4v) is 3.72. The van der Waals surface area contributed by atoms with Crippen molar-refractivity contribution in [2.24, 2.45) is 11.8 Å². The number of carboxylic acids is 1. The highest BCUT2D eigenvalue weighted by Gasteiger charge is 2.43. The van der Waals surface area contributed by atoms with Crippen LogP contribution >= 0.6 is 0 Å². The molecule has 1 heterocycles. The second-order valence-electron chi connectivity index (χ2n) is 6.82. The molecule has 1 aliphatic heterocycles. The molecule has 1 saturated heterocycles. The van der Waals surface area contributed by atoms with E-state index in [1.54, 1.807) is 11.8 Å². The van der Waals surface area contributed by atoms with Gasteiger partial charge in [-0.15, -0.1) is 0 Å². The number of carbonyl (C=O) groups excluding carboxylic acids is 2. The zero-order valence-corrected chi connectivity index (χ0v) is 13.4. The maximum atomic E-state index is 12.5. The number of likely N-dealkylation sites (tertiary alicyclic amines) is 1. The smallest absolute Gasteiger partial charge is 0.308 e. The Labute approximate surface area is 131 Å². The number of hydrogen-bond donors (Lipinski definition) is 2. The molecule has 0 aromatic carbocycles. The molecule has 2 N–H and O–H groups in total. The monoisotopic (exact) mass is 310 g/mol. The van der Waals surface area contributed by atoms with Crippen molar-refractivity contribution in [3.8, 4) is 0 Å². The summed E-state index contributed by atoms with van der Waals surface area (Å²) in [5.41, 5.74) is -0.654. The van der Waals surface area contributed by atoms with E-state index in [4.69, 9.17) is 0 Å². The van der Waals surface area contributed by atoms with Crippen molar-refractivity contribution in [2.45, 2.75) is 57.9 Å². The van der Waals surface area contributed by atoms with Gasteiger partial charge in [0.25, 0.3) is 0 Å². The Morgan fingerprint density at radius 2 is 1.77 bits per heavy atom. The van der Waals surface area contributed by atoms with Gasteiger partial charge in [-0.05, 0) is 32.6 Å². The third-order valence-electron chi connectivity index (χ3n) is 5.23. The molecule has 124 valence electrons. The minimum atomic E-state index is -0.825. The van der Waals surface area contributed by atoms with Gasteiger partial charge in [0, 0.05) is 25.9 Å². The highest BCUT2D eigenvalue weighted by Crippen LogP contribution is 2.34. The minimum Gasteiger partial charge on any atom is -0.481 e. The van der Waals surface area contributed by atoms with E-state index in [1.165, 1.54) is 0 Å². The summed E-state index contributed by atoms with van der Waals surface area (Å²) in [5.74, 6) is -1.47. The van der Waals surface area contributed by atoms with Gasteiger partial charge in [0.05, 0.1) is 11.5 Å². The Hall–Kier alpha value is -1.59. The van der Waals surface area contributed by atoms with E-state index in [0.29, 0.717) is 38.8 Å². The Morgan fingerprint density at radius 3 is 2.32 bits per heavy atom. The van der Waals surface area contributed by atoms with Crippen LogP contribution in [-0.2, 0) is 14.4 Å². The first-order chi connectivity index (χ1) is 10.3. The number of aliphatic carboxylic acids is 1. The lowest BCUT2D eigenvalue weighted by Gasteiger charge is -2.41.